The largest absolute Gasteiger partial charge is 0.462 e. The van der Waals surface area contributed by atoms with Gasteiger partial charge in [0.1, 0.15) is 13.2 Å². The summed E-state index contributed by atoms with van der Waals surface area (Å²) in [4.78, 5) is 37.4. The molecule has 0 radical (unpaired) electrons. The minimum atomic E-state index is -0.757. The molecule has 0 spiro atoms. The third kappa shape index (κ3) is 37.7. The van der Waals surface area contributed by atoms with Gasteiger partial charge in [-0.15, -0.1) is 0 Å². The number of unbranched alkanes of at least 4 members (excludes halogenated alkanes) is 26. The maximum absolute atomic E-state index is 12.6. The number of carbonyl (C=O) groups excluding carboxylic acids is 3. The molecule has 0 saturated heterocycles. The van der Waals surface area contributed by atoms with Crippen molar-refractivity contribution >= 4 is 17.9 Å². The summed E-state index contributed by atoms with van der Waals surface area (Å²) >= 11 is 0. The van der Waals surface area contributed by atoms with Crippen LogP contribution in [-0.4, -0.2) is 37.2 Å². The molecular weight excluding hydrogens is 624 g/mol. The van der Waals surface area contributed by atoms with Gasteiger partial charge in [-0.3, -0.25) is 14.4 Å². The number of esters is 3. The van der Waals surface area contributed by atoms with Crippen molar-refractivity contribution in [3.63, 3.8) is 0 Å². The Labute approximate surface area is 310 Å². The molecule has 0 aromatic carbocycles. The predicted molar refractivity (Wildman–Crippen MR) is 210 cm³/mol. The average molecular weight is 709 g/mol. The van der Waals surface area contributed by atoms with Crippen molar-refractivity contribution in [1.82, 2.24) is 0 Å². The van der Waals surface area contributed by atoms with Crippen LogP contribution in [0.15, 0.2) is 0 Å². The van der Waals surface area contributed by atoms with Crippen LogP contribution in [0.1, 0.15) is 240 Å². The van der Waals surface area contributed by atoms with E-state index in [1.165, 1.54) is 128 Å². The van der Waals surface area contributed by atoms with Gasteiger partial charge in [0.25, 0.3) is 0 Å². The van der Waals surface area contributed by atoms with Gasteiger partial charge >= 0.3 is 17.9 Å². The minimum absolute atomic E-state index is 0.0662. The van der Waals surface area contributed by atoms with Crippen LogP contribution in [0.25, 0.3) is 0 Å². The molecule has 50 heavy (non-hydrogen) atoms. The molecule has 0 rings (SSSR count). The first-order valence-electron chi connectivity index (χ1n) is 21.9. The molecule has 6 heteroatoms. The topological polar surface area (TPSA) is 78.9 Å². The number of ether oxygens (including phenoxy) is 3. The second-order valence-corrected chi connectivity index (χ2v) is 15.5. The number of hydrogen-bond donors (Lipinski definition) is 0. The summed E-state index contributed by atoms with van der Waals surface area (Å²) in [5.41, 5.74) is 0. The number of carbonyl (C=O) groups is 3. The van der Waals surface area contributed by atoms with Crippen LogP contribution >= 0.6 is 0 Å². The lowest BCUT2D eigenvalue weighted by Crippen LogP contribution is -2.30. The second kappa shape index (κ2) is 38.6. The second-order valence-electron chi connectivity index (χ2n) is 15.5. The smallest absolute Gasteiger partial charge is 0.306 e. The lowest BCUT2D eigenvalue weighted by Gasteiger charge is -2.18. The molecule has 0 aliphatic rings. The monoisotopic (exact) mass is 709 g/mol. The van der Waals surface area contributed by atoms with E-state index in [4.69, 9.17) is 14.2 Å². The Kier molecular flexibility index (Phi) is 37.4. The Morgan fingerprint density at radius 3 is 0.980 bits per heavy atom. The van der Waals surface area contributed by atoms with Gasteiger partial charge in [0.15, 0.2) is 6.10 Å². The van der Waals surface area contributed by atoms with Crippen LogP contribution in [0.2, 0.25) is 0 Å². The van der Waals surface area contributed by atoms with Gasteiger partial charge < -0.3 is 14.2 Å². The Balaban J connectivity index is 4.16. The van der Waals surface area contributed by atoms with Gasteiger partial charge in [0, 0.05) is 19.3 Å². The first-order chi connectivity index (χ1) is 24.4. The Bertz CT molecular complexity index is 751. The van der Waals surface area contributed by atoms with Crippen molar-refractivity contribution in [2.45, 2.75) is 246 Å². The van der Waals surface area contributed by atoms with Crippen molar-refractivity contribution in [3.05, 3.63) is 0 Å². The normalized spacial score (nSPS) is 11.9. The van der Waals surface area contributed by atoms with Crippen LogP contribution in [0.3, 0.4) is 0 Å². The van der Waals surface area contributed by atoms with Crippen LogP contribution in [-0.2, 0) is 28.6 Å². The summed E-state index contributed by atoms with van der Waals surface area (Å²) in [6.45, 7) is 8.86. The quantitative estimate of drug-likeness (QED) is 0.0359. The average Bonchev–Trinajstić information content (AvgIpc) is 3.09. The maximum Gasteiger partial charge on any atom is 0.306 e. The van der Waals surface area contributed by atoms with Gasteiger partial charge in [-0.05, 0) is 25.2 Å². The van der Waals surface area contributed by atoms with E-state index >= 15 is 0 Å². The zero-order valence-corrected chi connectivity index (χ0v) is 33.9. The molecule has 0 aliphatic heterocycles. The van der Waals surface area contributed by atoms with Crippen LogP contribution in [0, 0.1) is 5.92 Å². The number of hydrogen-bond acceptors (Lipinski definition) is 6. The van der Waals surface area contributed by atoms with E-state index in [9.17, 15) is 14.4 Å². The maximum atomic E-state index is 12.6. The molecule has 0 unspecified atom stereocenters. The summed E-state index contributed by atoms with van der Waals surface area (Å²) in [6, 6.07) is 0. The van der Waals surface area contributed by atoms with Crippen molar-refractivity contribution in [1.29, 1.82) is 0 Å². The fourth-order valence-electron chi connectivity index (χ4n) is 6.45. The SMILES string of the molecule is CCCCCCCCCCCCCCCCCCCC(=O)O[C@@H](COC(=O)CCCCCCC)COC(=O)CCCCCCCCCC(C)C. The Hall–Kier alpha value is -1.59. The molecule has 296 valence electrons. The lowest BCUT2D eigenvalue weighted by atomic mass is 10.0. The molecule has 0 N–H and O–H groups in total. The van der Waals surface area contributed by atoms with E-state index < -0.39 is 6.10 Å². The van der Waals surface area contributed by atoms with Crippen molar-refractivity contribution < 1.29 is 28.6 Å². The molecule has 1 atom stereocenters. The Morgan fingerprint density at radius 2 is 0.660 bits per heavy atom. The molecule has 0 aromatic heterocycles. The van der Waals surface area contributed by atoms with E-state index in [-0.39, 0.29) is 31.1 Å². The van der Waals surface area contributed by atoms with Gasteiger partial charge in [-0.25, -0.2) is 0 Å². The molecular formula is C44H84O6. The molecule has 0 amide bonds. The third-order valence-electron chi connectivity index (χ3n) is 9.79. The summed E-state index contributed by atoms with van der Waals surface area (Å²) in [5, 5.41) is 0. The Morgan fingerprint density at radius 1 is 0.380 bits per heavy atom. The molecule has 0 bridgehead atoms. The van der Waals surface area contributed by atoms with Gasteiger partial charge in [-0.2, -0.15) is 0 Å². The summed E-state index contributed by atoms with van der Waals surface area (Å²) in [6.07, 6.45) is 37.0. The highest BCUT2D eigenvalue weighted by atomic mass is 16.6. The molecule has 0 aliphatic carbocycles. The van der Waals surface area contributed by atoms with Crippen LogP contribution in [0.5, 0.6) is 0 Å². The molecule has 0 saturated carbocycles. The van der Waals surface area contributed by atoms with Crippen molar-refractivity contribution in [2.75, 3.05) is 13.2 Å². The number of rotatable bonds is 39. The zero-order valence-electron chi connectivity index (χ0n) is 33.9. The van der Waals surface area contributed by atoms with Crippen molar-refractivity contribution in [2.24, 2.45) is 5.92 Å². The fourth-order valence-corrected chi connectivity index (χ4v) is 6.45. The van der Waals surface area contributed by atoms with E-state index in [1.807, 2.05) is 0 Å². The zero-order chi connectivity index (χ0) is 36.8. The van der Waals surface area contributed by atoms with E-state index in [0.717, 1.165) is 70.1 Å². The molecule has 6 nitrogen and oxygen atoms in total. The molecule has 0 aromatic rings. The van der Waals surface area contributed by atoms with Crippen LogP contribution in [0.4, 0.5) is 0 Å². The molecule has 0 fully saturated rings. The first kappa shape index (κ1) is 48.4. The summed E-state index contributed by atoms with van der Waals surface area (Å²) in [5.74, 6) is -0.0919. The minimum Gasteiger partial charge on any atom is -0.462 e. The van der Waals surface area contributed by atoms with E-state index in [2.05, 4.69) is 27.7 Å². The van der Waals surface area contributed by atoms with E-state index in [0.29, 0.717) is 19.3 Å². The predicted octanol–water partition coefficient (Wildman–Crippen LogP) is 13.6. The highest BCUT2D eigenvalue weighted by molar-refractivity contribution is 5.71. The first-order valence-corrected chi connectivity index (χ1v) is 21.9. The van der Waals surface area contributed by atoms with Crippen LogP contribution < -0.4 is 0 Å². The van der Waals surface area contributed by atoms with Gasteiger partial charge in [0.05, 0.1) is 0 Å². The van der Waals surface area contributed by atoms with Gasteiger partial charge in [-0.1, -0.05) is 201 Å². The third-order valence-corrected chi connectivity index (χ3v) is 9.79. The van der Waals surface area contributed by atoms with E-state index in [1.54, 1.807) is 0 Å². The summed E-state index contributed by atoms with van der Waals surface area (Å²) < 4.78 is 16.6. The fraction of sp³-hybridized carbons (Fsp3) is 0.932. The lowest BCUT2D eigenvalue weighted by molar-refractivity contribution is -0.167. The standard InChI is InChI=1S/C44H84O6/c1-5-7-9-11-12-13-14-15-16-17-18-19-20-21-24-29-33-37-44(47)50-41(38-48-42(45)35-31-26-10-8-6-2)39-49-43(46)36-32-28-25-22-23-27-30-34-40(3)4/h40-41H,5-39H2,1-4H3/t41-/m0/s1. The highest BCUT2D eigenvalue weighted by Crippen LogP contribution is 2.16. The molecule has 0 heterocycles. The highest BCUT2D eigenvalue weighted by Gasteiger charge is 2.19. The van der Waals surface area contributed by atoms with Gasteiger partial charge in [0.2, 0.25) is 0 Å². The van der Waals surface area contributed by atoms with Crippen molar-refractivity contribution in [3.8, 4) is 0 Å². The summed E-state index contributed by atoms with van der Waals surface area (Å²) in [7, 11) is 0.